The van der Waals surface area contributed by atoms with Gasteiger partial charge >= 0.3 is 5.97 Å². The van der Waals surface area contributed by atoms with Crippen LogP contribution in [0.1, 0.15) is 35.3 Å². The molecule has 1 fully saturated rings. The Kier molecular flexibility index (Phi) is 3.96. The fourth-order valence-electron chi connectivity index (χ4n) is 2.25. The number of methoxy groups -OCH3 is 1. The van der Waals surface area contributed by atoms with Crippen molar-refractivity contribution in [3.05, 3.63) is 41.7 Å². The second-order valence-corrected chi connectivity index (χ2v) is 6.20. The zero-order valence-corrected chi connectivity index (χ0v) is 12.8. The fourth-order valence-corrected chi connectivity index (χ4v) is 3.46. The molecular formula is C15H17N3O2S. The minimum absolute atomic E-state index is 0.264. The van der Waals surface area contributed by atoms with Crippen molar-refractivity contribution in [2.75, 3.05) is 7.11 Å². The summed E-state index contributed by atoms with van der Waals surface area (Å²) in [5, 5.41) is 8.49. The molecule has 5 nitrogen and oxygen atoms in total. The van der Waals surface area contributed by atoms with Gasteiger partial charge in [-0.15, -0.1) is 10.2 Å². The molecule has 1 aliphatic carbocycles. The van der Waals surface area contributed by atoms with Crippen LogP contribution in [0.5, 0.6) is 0 Å². The first-order valence-electron chi connectivity index (χ1n) is 6.90. The van der Waals surface area contributed by atoms with Gasteiger partial charge in [0, 0.05) is 6.04 Å². The molecule has 1 unspecified atom stereocenters. The molecule has 1 heterocycles. The zero-order chi connectivity index (χ0) is 14.8. The van der Waals surface area contributed by atoms with Gasteiger partial charge in [0.25, 0.3) is 0 Å². The molecule has 0 radical (unpaired) electrons. The van der Waals surface area contributed by atoms with E-state index in [4.69, 9.17) is 4.74 Å². The van der Waals surface area contributed by atoms with E-state index in [0.29, 0.717) is 6.04 Å². The van der Waals surface area contributed by atoms with E-state index in [-0.39, 0.29) is 5.97 Å². The molecule has 2 aromatic rings. The Balaban J connectivity index is 1.91. The van der Waals surface area contributed by atoms with Crippen molar-refractivity contribution in [1.29, 1.82) is 0 Å². The average Bonchev–Trinajstić information content (AvgIpc) is 3.24. The van der Waals surface area contributed by atoms with Gasteiger partial charge in [-0.1, -0.05) is 36.0 Å². The molecule has 1 aromatic carbocycles. The quantitative estimate of drug-likeness (QED) is 0.628. The van der Waals surface area contributed by atoms with E-state index < -0.39 is 5.25 Å². The molecule has 1 saturated carbocycles. The number of carbonyl (C=O) groups is 1. The van der Waals surface area contributed by atoms with Crippen LogP contribution in [0, 0.1) is 6.92 Å². The first-order chi connectivity index (χ1) is 10.2. The standard InChI is InChI=1S/C15H17N3O2S/c1-10-5-3-4-6-12(10)13(14(19)20-2)21-15-17-16-9-18(15)11-7-8-11/h3-6,9,11,13H,7-8H2,1-2H3. The van der Waals surface area contributed by atoms with Crippen LogP contribution in [-0.2, 0) is 9.53 Å². The van der Waals surface area contributed by atoms with Crippen LogP contribution in [0.2, 0.25) is 0 Å². The molecule has 0 bridgehead atoms. The lowest BCUT2D eigenvalue weighted by atomic mass is 10.1. The molecule has 21 heavy (non-hydrogen) atoms. The molecule has 0 aliphatic heterocycles. The Bertz CT molecular complexity index is 652. The van der Waals surface area contributed by atoms with Crippen LogP contribution in [0.4, 0.5) is 0 Å². The van der Waals surface area contributed by atoms with E-state index in [9.17, 15) is 4.79 Å². The molecule has 0 N–H and O–H groups in total. The predicted molar refractivity (Wildman–Crippen MR) is 80.1 cm³/mol. The molecule has 3 rings (SSSR count). The number of aromatic nitrogens is 3. The van der Waals surface area contributed by atoms with Gasteiger partial charge in [0.2, 0.25) is 0 Å². The summed E-state index contributed by atoms with van der Waals surface area (Å²) in [6, 6.07) is 8.34. The van der Waals surface area contributed by atoms with Gasteiger partial charge in [-0.3, -0.25) is 4.79 Å². The van der Waals surface area contributed by atoms with Crippen molar-refractivity contribution in [1.82, 2.24) is 14.8 Å². The van der Waals surface area contributed by atoms with Crippen LogP contribution in [-0.4, -0.2) is 27.8 Å². The fraction of sp³-hybridized carbons (Fsp3) is 0.400. The number of aryl methyl sites for hydroxylation is 1. The van der Waals surface area contributed by atoms with Crippen molar-refractivity contribution in [2.45, 2.75) is 36.2 Å². The SMILES string of the molecule is COC(=O)C(Sc1nncn1C1CC1)c1ccccc1C. The molecule has 0 amide bonds. The predicted octanol–water partition coefficient (Wildman–Crippen LogP) is 2.93. The molecule has 110 valence electrons. The zero-order valence-electron chi connectivity index (χ0n) is 12.0. The number of hydrogen-bond acceptors (Lipinski definition) is 5. The Hall–Kier alpha value is -1.82. The Labute approximate surface area is 127 Å². The average molecular weight is 303 g/mol. The van der Waals surface area contributed by atoms with Crippen molar-refractivity contribution in [3.8, 4) is 0 Å². The van der Waals surface area contributed by atoms with Crippen LogP contribution in [0.15, 0.2) is 35.7 Å². The van der Waals surface area contributed by atoms with Crippen LogP contribution < -0.4 is 0 Å². The van der Waals surface area contributed by atoms with E-state index in [1.807, 2.05) is 31.2 Å². The second-order valence-electron chi connectivity index (χ2n) is 5.13. The summed E-state index contributed by atoms with van der Waals surface area (Å²) >= 11 is 1.41. The third kappa shape index (κ3) is 2.95. The lowest BCUT2D eigenvalue weighted by molar-refractivity contribution is -0.140. The van der Waals surface area contributed by atoms with Gasteiger partial charge in [0.1, 0.15) is 11.6 Å². The topological polar surface area (TPSA) is 57.0 Å². The highest BCUT2D eigenvalue weighted by Crippen LogP contribution is 2.41. The van der Waals surface area contributed by atoms with Gasteiger partial charge in [0.05, 0.1) is 7.11 Å². The maximum Gasteiger partial charge on any atom is 0.323 e. The van der Waals surface area contributed by atoms with Crippen LogP contribution in [0.3, 0.4) is 0 Å². The van der Waals surface area contributed by atoms with E-state index in [1.54, 1.807) is 6.33 Å². The third-order valence-electron chi connectivity index (χ3n) is 3.59. The highest BCUT2D eigenvalue weighted by atomic mass is 32.2. The molecule has 0 spiro atoms. The van der Waals surface area contributed by atoms with Crippen LogP contribution >= 0.6 is 11.8 Å². The van der Waals surface area contributed by atoms with Crippen LogP contribution in [0.25, 0.3) is 0 Å². The molecule has 6 heteroatoms. The van der Waals surface area contributed by atoms with E-state index in [1.165, 1.54) is 18.9 Å². The number of carbonyl (C=O) groups excluding carboxylic acids is 1. The summed E-state index contributed by atoms with van der Waals surface area (Å²) in [4.78, 5) is 12.2. The molecule has 1 aliphatic rings. The highest BCUT2D eigenvalue weighted by Gasteiger charge is 2.30. The monoisotopic (exact) mass is 303 g/mol. The number of rotatable bonds is 5. The third-order valence-corrected chi connectivity index (χ3v) is 4.78. The van der Waals surface area contributed by atoms with Crippen molar-refractivity contribution in [2.24, 2.45) is 0 Å². The molecular weight excluding hydrogens is 286 g/mol. The van der Waals surface area contributed by atoms with Crippen molar-refractivity contribution >= 4 is 17.7 Å². The number of benzene rings is 1. The number of nitrogens with zero attached hydrogens (tertiary/aromatic N) is 3. The minimum atomic E-state index is -0.419. The van der Waals surface area contributed by atoms with E-state index in [0.717, 1.165) is 29.1 Å². The lowest BCUT2D eigenvalue weighted by Gasteiger charge is -2.16. The first kappa shape index (κ1) is 14.1. The van der Waals surface area contributed by atoms with E-state index in [2.05, 4.69) is 14.8 Å². The summed E-state index contributed by atoms with van der Waals surface area (Å²) in [6.45, 7) is 2.00. The maximum absolute atomic E-state index is 12.2. The normalized spacial score (nSPS) is 15.7. The number of ether oxygens (including phenoxy) is 1. The summed E-state index contributed by atoms with van der Waals surface area (Å²) in [5.41, 5.74) is 2.03. The maximum atomic E-state index is 12.2. The Morgan fingerprint density at radius 2 is 2.19 bits per heavy atom. The minimum Gasteiger partial charge on any atom is -0.468 e. The van der Waals surface area contributed by atoms with Gasteiger partial charge in [0.15, 0.2) is 5.16 Å². The van der Waals surface area contributed by atoms with Gasteiger partial charge in [-0.2, -0.15) is 0 Å². The highest BCUT2D eigenvalue weighted by molar-refractivity contribution is 8.00. The largest absolute Gasteiger partial charge is 0.468 e. The number of hydrogen-bond donors (Lipinski definition) is 0. The van der Waals surface area contributed by atoms with Crippen molar-refractivity contribution < 1.29 is 9.53 Å². The first-order valence-corrected chi connectivity index (χ1v) is 7.78. The Morgan fingerprint density at radius 3 is 2.86 bits per heavy atom. The van der Waals surface area contributed by atoms with E-state index >= 15 is 0 Å². The lowest BCUT2D eigenvalue weighted by Crippen LogP contribution is -2.13. The van der Waals surface area contributed by atoms with Gasteiger partial charge in [-0.25, -0.2) is 0 Å². The van der Waals surface area contributed by atoms with Crippen molar-refractivity contribution in [3.63, 3.8) is 0 Å². The summed E-state index contributed by atoms with van der Waals surface area (Å²) in [6.07, 6.45) is 4.05. The van der Waals surface area contributed by atoms with Gasteiger partial charge in [-0.05, 0) is 30.9 Å². The second kappa shape index (κ2) is 5.89. The Morgan fingerprint density at radius 1 is 1.43 bits per heavy atom. The molecule has 1 aromatic heterocycles. The summed E-state index contributed by atoms with van der Waals surface area (Å²) < 4.78 is 7.02. The molecule has 1 atom stereocenters. The summed E-state index contributed by atoms with van der Waals surface area (Å²) in [5.74, 6) is -0.264. The van der Waals surface area contributed by atoms with Gasteiger partial charge < -0.3 is 9.30 Å². The molecule has 0 saturated heterocycles. The summed E-state index contributed by atoms with van der Waals surface area (Å²) in [7, 11) is 1.42. The number of esters is 1. The smallest absolute Gasteiger partial charge is 0.323 e. The number of thioether (sulfide) groups is 1.